The monoisotopic (exact) mass is 276 g/mol. The van der Waals surface area contributed by atoms with Gasteiger partial charge in [-0.2, -0.15) is 0 Å². The number of fused-ring (bicyclic) bond motifs is 1. The molecule has 5 nitrogen and oxygen atoms in total. The van der Waals surface area contributed by atoms with Gasteiger partial charge in [0.15, 0.2) is 0 Å². The van der Waals surface area contributed by atoms with Gasteiger partial charge in [-0.05, 0) is 18.6 Å². The molecule has 1 atom stereocenters. The first-order valence-corrected chi connectivity index (χ1v) is 6.75. The van der Waals surface area contributed by atoms with Crippen molar-refractivity contribution >= 4 is 11.6 Å². The zero-order valence-corrected chi connectivity index (χ0v) is 11.4. The molecule has 0 aliphatic carbocycles. The number of aliphatic hydroxyl groups is 1. The van der Waals surface area contributed by atoms with E-state index in [1.54, 1.807) is 6.08 Å². The lowest BCUT2D eigenvalue weighted by molar-refractivity contribution is -0.116. The molecule has 1 aromatic carbocycles. The number of carbonyl (C=O) groups is 1. The molecule has 0 aromatic heterocycles. The van der Waals surface area contributed by atoms with Gasteiger partial charge in [0.1, 0.15) is 18.5 Å². The summed E-state index contributed by atoms with van der Waals surface area (Å²) in [4.78, 5) is 11.3. The molecule has 0 saturated carbocycles. The van der Waals surface area contributed by atoms with Gasteiger partial charge in [-0.1, -0.05) is 12.1 Å². The highest BCUT2D eigenvalue weighted by molar-refractivity contribution is 5.94. The van der Waals surface area contributed by atoms with Crippen molar-refractivity contribution in [2.24, 2.45) is 0 Å². The Labute approximate surface area is 118 Å². The number of rotatable bonds is 7. The fraction of sp³-hybridized carbons (Fsp3) is 0.400. The van der Waals surface area contributed by atoms with Gasteiger partial charge >= 0.3 is 0 Å². The van der Waals surface area contributed by atoms with E-state index in [1.807, 2.05) is 18.2 Å². The average Bonchev–Trinajstić information content (AvgIpc) is 2.45. The highest BCUT2D eigenvalue weighted by Gasteiger charge is 2.18. The summed E-state index contributed by atoms with van der Waals surface area (Å²) in [5.41, 5.74) is 1.80. The zero-order chi connectivity index (χ0) is 14.4. The number of hydrogen-bond acceptors (Lipinski definition) is 4. The lowest BCUT2D eigenvalue weighted by Gasteiger charge is -2.21. The summed E-state index contributed by atoms with van der Waals surface area (Å²) in [6, 6.07) is 5.56. The van der Waals surface area contributed by atoms with Crippen LogP contribution >= 0.6 is 0 Å². The van der Waals surface area contributed by atoms with Crippen molar-refractivity contribution in [3.63, 3.8) is 0 Å². The van der Waals surface area contributed by atoms with Crippen molar-refractivity contribution in [2.45, 2.75) is 18.9 Å². The number of carbonyl (C=O) groups excluding carboxylic acids is 1. The second kappa shape index (κ2) is 7.07. The molecule has 0 spiro atoms. The Morgan fingerprint density at radius 3 is 3.15 bits per heavy atom. The van der Waals surface area contributed by atoms with E-state index in [1.165, 1.54) is 0 Å². The average molecular weight is 276 g/mol. The highest BCUT2D eigenvalue weighted by Crippen LogP contribution is 2.30. The quantitative estimate of drug-likeness (QED) is 0.515. The number of ether oxygens (including phenoxy) is 1. The molecule has 0 bridgehead atoms. The van der Waals surface area contributed by atoms with E-state index in [0.29, 0.717) is 25.9 Å². The Morgan fingerprint density at radius 1 is 1.50 bits per heavy atom. The van der Waals surface area contributed by atoms with Crippen molar-refractivity contribution in [1.29, 1.82) is 0 Å². The highest BCUT2D eigenvalue weighted by atomic mass is 16.5. The Bertz CT molecular complexity index is 488. The van der Waals surface area contributed by atoms with Crippen LogP contribution in [0.3, 0.4) is 0 Å². The van der Waals surface area contributed by atoms with E-state index < -0.39 is 6.10 Å². The van der Waals surface area contributed by atoms with Crippen molar-refractivity contribution in [3.05, 3.63) is 36.4 Å². The van der Waals surface area contributed by atoms with Gasteiger partial charge in [0.05, 0.1) is 0 Å². The van der Waals surface area contributed by atoms with Gasteiger partial charge in [-0.15, -0.1) is 6.58 Å². The zero-order valence-electron chi connectivity index (χ0n) is 11.4. The number of anilines is 1. The maximum absolute atomic E-state index is 11.3. The molecule has 2 rings (SSSR count). The first-order valence-electron chi connectivity index (χ1n) is 6.75. The minimum Gasteiger partial charge on any atom is -0.490 e. The van der Waals surface area contributed by atoms with Crippen LogP contribution < -0.4 is 15.4 Å². The second-order valence-corrected chi connectivity index (χ2v) is 4.74. The molecule has 0 fully saturated rings. The molecule has 0 radical (unpaired) electrons. The SMILES string of the molecule is C=CCNCC(O)COc1cccc2c1CCC(=O)N2. The maximum atomic E-state index is 11.3. The molecule has 20 heavy (non-hydrogen) atoms. The third-order valence-electron chi connectivity index (χ3n) is 3.11. The molecule has 1 amide bonds. The van der Waals surface area contributed by atoms with Crippen LogP contribution in [0, 0.1) is 0 Å². The summed E-state index contributed by atoms with van der Waals surface area (Å²) >= 11 is 0. The number of aliphatic hydroxyl groups excluding tert-OH is 1. The molecule has 1 heterocycles. The van der Waals surface area contributed by atoms with E-state index >= 15 is 0 Å². The lowest BCUT2D eigenvalue weighted by atomic mass is 10.0. The topological polar surface area (TPSA) is 70.6 Å². The molecule has 3 N–H and O–H groups in total. The number of hydrogen-bond donors (Lipinski definition) is 3. The molecule has 108 valence electrons. The fourth-order valence-electron chi connectivity index (χ4n) is 2.12. The second-order valence-electron chi connectivity index (χ2n) is 4.74. The number of nitrogens with one attached hydrogen (secondary N) is 2. The smallest absolute Gasteiger partial charge is 0.224 e. The minimum atomic E-state index is -0.580. The summed E-state index contributed by atoms with van der Waals surface area (Å²) in [6.45, 7) is 4.93. The molecule has 0 saturated heterocycles. The van der Waals surface area contributed by atoms with E-state index in [0.717, 1.165) is 17.0 Å². The Hall–Kier alpha value is -1.85. The van der Waals surface area contributed by atoms with Crippen molar-refractivity contribution in [2.75, 3.05) is 25.0 Å². The third-order valence-corrected chi connectivity index (χ3v) is 3.11. The summed E-state index contributed by atoms with van der Waals surface area (Å²) < 4.78 is 5.67. The Balaban J connectivity index is 1.91. The van der Waals surface area contributed by atoms with Crippen LogP contribution in [0.1, 0.15) is 12.0 Å². The predicted molar refractivity (Wildman–Crippen MR) is 78.0 cm³/mol. The first kappa shape index (κ1) is 14.6. The van der Waals surface area contributed by atoms with Crippen molar-refractivity contribution in [1.82, 2.24) is 5.32 Å². The Kier molecular flexibility index (Phi) is 5.15. The van der Waals surface area contributed by atoms with E-state index in [4.69, 9.17) is 4.74 Å². The summed E-state index contributed by atoms with van der Waals surface area (Å²) in [6.07, 6.45) is 2.30. The van der Waals surface area contributed by atoms with Gasteiger partial charge in [0.2, 0.25) is 5.91 Å². The van der Waals surface area contributed by atoms with Gasteiger partial charge in [-0.3, -0.25) is 4.79 Å². The molecular weight excluding hydrogens is 256 g/mol. The first-order chi connectivity index (χ1) is 9.70. The molecule has 1 unspecified atom stereocenters. The maximum Gasteiger partial charge on any atom is 0.224 e. The third kappa shape index (κ3) is 3.82. The molecule has 1 aliphatic rings. The summed E-state index contributed by atoms with van der Waals surface area (Å²) in [5, 5.41) is 15.7. The standard InChI is InChI=1S/C15H20N2O3/c1-2-8-16-9-11(18)10-20-14-5-3-4-13-12(14)6-7-15(19)17-13/h2-5,11,16,18H,1,6-10H2,(H,17,19). The molecule has 1 aliphatic heterocycles. The van der Waals surface area contributed by atoms with Gasteiger partial charge in [-0.25, -0.2) is 0 Å². The van der Waals surface area contributed by atoms with Crippen molar-refractivity contribution < 1.29 is 14.6 Å². The predicted octanol–water partition coefficient (Wildman–Crippen LogP) is 1.09. The largest absolute Gasteiger partial charge is 0.490 e. The Morgan fingerprint density at radius 2 is 2.35 bits per heavy atom. The molecule has 5 heteroatoms. The van der Waals surface area contributed by atoms with Gasteiger partial charge in [0.25, 0.3) is 0 Å². The molecule has 1 aromatic rings. The summed E-state index contributed by atoms with van der Waals surface area (Å²) in [5.74, 6) is 0.758. The van der Waals surface area contributed by atoms with Crippen LogP contribution in [0.5, 0.6) is 5.75 Å². The number of benzene rings is 1. The van der Waals surface area contributed by atoms with Crippen molar-refractivity contribution in [3.8, 4) is 5.75 Å². The van der Waals surface area contributed by atoms with Crippen LogP contribution in [-0.2, 0) is 11.2 Å². The fourth-order valence-corrected chi connectivity index (χ4v) is 2.12. The van der Waals surface area contributed by atoms with Crippen LogP contribution in [-0.4, -0.2) is 36.8 Å². The molecular formula is C15H20N2O3. The summed E-state index contributed by atoms with van der Waals surface area (Å²) in [7, 11) is 0. The van der Waals surface area contributed by atoms with E-state index in [2.05, 4.69) is 17.2 Å². The van der Waals surface area contributed by atoms with Crippen LogP contribution in [0.25, 0.3) is 0 Å². The van der Waals surface area contributed by atoms with E-state index in [9.17, 15) is 9.90 Å². The van der Waals surface area contributed by atoms with Crippen LogP contribution in [0.2, 0.25) is 0 Å². The van der Waals surface area contributed by atoms with E-state index in [-0.39, 0.29) is 12.5 Å². The number of amides is 1. The normalized spacial score (nSPS) is 15.2. The minimum absolute atomic E-state index is 0.0308. The van der Waals surface area contributed by atoms with Gasteiger partial charge < -0.3 is 20.5 Å². The van der Waals surface area contributed by atoms with Gasteiger partial charge in [0, 0.05) is 30.8 Å². The van der Waals surface area contributed by atoms with Crippen LogP contribution in [0.4, 0.5) is 5.69 Å². The van der Waals surface area contributed by atoms with Crippen LogP contribution in [0.15, 0.2) is 30.9 Å². The lowest BCUT2D eigenvalue weighted by Crippen LogP contribution is -2.31.